The van der Waals surface area contributed by atoms with Crippen LogP contribution in [0.1, 0.15) is 13.3 Å². The van der Waals surface area contributed by atoms with Crippen LogP contribution in [0, 0.1) is 0 Å². The van der Waals surface area contributed by atoms with Crippen LogP contribution in [-0.4, -0.2) is 48.4 Å². The normalized spacial score (nSPS) is 19.1. The maximum atomic E-state index is 12.5. The standard InChI is InChI=1S/C16H19N3O3S2/c1-2-19(14-6-7-24(21,22)10-14)16(20)18-13-5-3-4-12(8-13)15-9-23-11-17-15/h3-5,8-9,11,14H,2,6-7,10H2,1H3,(H,18,20). The molecule has 1 aromatic heterocycles. The van der Waals surface area contributed by atoms with E-state index >= 15 is 0 Å². The minimum Gasteiger partial charge on any atom is -0.321 e. The Labute approximate surface area is 145 Å². The molecule has 0 radical (unpaired) electrons. The van der Waals surface area contributed by atoms with E-state index < -0.39 is 9.84 Å². The summed E-state index contributed by atoms with van der Waals surface area (Å²) < 4.78 is 23.3. The van der Waals surface area contributed by atoms with Gasteiger partial charge in [-0.3, -0.25) is 0 Å². The maximum Gasteiger partial charge on any atom is 0.322 e. The number of urea groups is 1. The number of hydrogen-bond acceptors (Lipinski definition) is 5. The van der Waals surface area contributed by atoms with Gasteiger partial charge in [-0.15, -0.1) is 11.3 Å². The number of nitrogens with one attached hydrogen (secondary N) is 1. The molecule has 8 heteroatoms. The molecule has 1 saturated heterocycles. The van der Waals surface area contributed by atoms with Gasteiger partial charge in [-0.05, 0) is 25.5 Å². The Morgan fingerprint density at radius 3 is 2.92 bits per heavy atom. The SMILES string of the molecule is CCN(C(=O)Nc1cccc(-c2cscn2)c1)C1CCS(=O)(=O)C1. The first kappa shape index (κ1) is 16.9. The largest absolute Gasteiger partial charge is 0.322 e. The van der Waals surface area contributed by atoms with Crippen molar-refractivity contribution in [2.45, 2.75) is 19.4 Å². The Morgan fingerprint density at radius 2 is 2.29 bits per heavy atom. The summed E-state index contributed by atoms with van der Waals surface area (Å²) in [5.41, 5.74) is 4.23. The summed E-state index contributed by atoms with van der Waals surface area (Å²) in [6.45, 7) is 2.33. The molecule has 0 saturated carbocycles. The van der Waals surface area contributed by atoms with Crippen LogP contribution < -0.4 is 5.32 Å². The van der Waals surface area contributed by atoms with Gasteiger partial charge >= 0.3 is 6.03 Å². The van der Waals surface area contributed by atoms with Crippen LogP contribution in [0.3, 0.4) is 0 Å². The van der Waals surface area contributed by atoms with E-state index in [2.05, 4.69) is 10.3 Å². The maximum absolute atomic E-state index is 12.5. The Kier molecular flexibility index (Phi) is 4.86. The number of carbonyl (C=O) groups is 1. The lowest BCUT2D eigenvalue weighted by molar-refractivity contribution is 0.197. The smallest absolute Gasteiger partial charge is 0.321 e. The van der Waals surface area contributed by atoms with Gasteiger partial charge < -0.3 is 10.2 Å². The molecular weight excluding hydrogens is 346 g/mol. The van der Waals surface area contributed by atoms with Gasteiger partial charge in [0, 0.05) is 29.2 Å². The van der Waals surface area contributed by atoms with Crippen LogP contribution in [-0.2, 0) is 9.84 Å². The molecule has 0 bridgehead atoms. The molecule has 1 aliphatic rings. The highest BCUT2D eigenvalue weighted by molar-refractivity contribution is 7.91. The number of thiazole rings is 1. The fourth-order valence-corrected chi connectivity index (χ4v) is 5.19. The summed E-state index contributed by atoms with van der Waals surface area (Å²) >= 11 is 1.52. The van der Waals surface area contributed by atoms with Crippen molar-refractivity contribution in [3.8, 4) is 11.3 Å². The van der Waals surface area contributed by atoms with Gasteiger partial charge in [0.2, 0.25) is 0 Å². The Hall–Kier alpha value is -1.93. The molecule has 0 aliphatic carbocycles. The van der Waals surface area contributed by atoms with Crippen LogP contribution >= 0.6 is 11.3 Å². The topological polar surface area (TPSA) is 79.4 Å². The first-order valence-corrected chi connectivity index (χ1v) is 10.5. The fraction of sp³-hybridized carbons (Fsp3) is 0.375. The van der Waals surface area contributed by atoms with E-state index in [0.29, 0.717) is 18.7 Å². The lowest BCUT2D eigenvalue weighted by Crippen LogP contribution is -2.43. The van der Waals surface area contributed by atoms with Crippen molar-refractivity contribution in [2.75, 3.05) is 23.4 Å². The first-order chi connectivity index (χ1) is 11.5. The minimum absolute atomic E-state index is 0.0487. The van der Waals surface area contributed by atoms with Crippen LogP contribution in [0.5, 0.6) is 0 Å². The van der Waals surface area contributed by atoms with Crippen LogP contribution in [0.4, 0.5) is 10.5 Å². The van der Waals surface area contributed by atoms with Gasteiger partial charge in [0.1, 0.15) is 0 Å². The molecule has 2 heterocycles. The van der Waals surface area contributed by atoms with E-state index in [0.717, 1.165) is 11.3 Å². The highest BCUT2D eigenvalue weighted by Gasteiger charge is 2.33. The number of carbonyl (C=O) groups excluding carboxylic acids is 1. The second kappa shape index (κ2) is 6.90. The number of hydrogen-bond donors (Lipinski definition) is 1. The molecule has 1 aromatic carbocycles. The van der Waals surface area contributed by atoms with Crippen molar-refractivity contribution in [1.29, 1.82) is 0 Å². The molecule has 128 valence electrons. The zero-order valence-corrected chi connectivity index (χ0v) is 14.9. The zero-order valence-electron chi connectivity index (χ0n) is 13.3. The summed E-state index contributed by atoms with van der Waals surface area (Å²) in [6.07, 6.45) is 0.502. The quantitative estimate of drug-likeness (QED) is 0.903. The molecule has 1 unspecified atom stereocenters. The van der Waals surface area contributed by atoms with E-state index in [-0.39, 0.29) is 23.6 Å². The van der Waals surface area contributed by atoms with Gasteiger partial charge in [-0.25, -0.2) is 18.2 Å². The van der Waals surface area contributed by atoms with E-state index in [4.69, 9.17) is 0 Å². The van der Waals surface area contributed by atoms with E-state index in [1.165, 1.54) is 11.3 Å². The molecule has 1 atom stereocenters. The van der Waals surface area contributed by atoms with Crippen LogP contribution in [0.2, 0.25) is 0 Å². The second-order valence-electron chi connectivity index (χ2n) is 5.73. The summed E-state index contributed by atoms with van der Waals surface area (Å²) in [5, 5.41) is 4.81. The van der Waals surface area contributed by atoms with E-state index in [9.17, 15) is 13.2 Å². The summed E-state index contributed by atoms with van der Waals surface area (Å²) in [5.74, 6) is 0.202. The van der Waals surface area contributed by atoms with Gasteiger partial charge in [-0.1, -0.05) is 12.1 Å². The number of benzene rings is 1. The van der Waals surface area contributed by atoms with Crippen molar-refractivity contribution in [2.24, 2.45) is 0 Å². The second-order valence-corrected chi connectivity index (χ2v) is 8.67. The van der Waals surface area contributed by atoms with Crippen molar-refractivity contribution < 1.29 is 13.2 Å². The highest BCUT2D eigenvalue weighted by Crippen LogP contribution is 2.23. The molecule has 6 nitrogen and oxygen atoms in total. The molecule has 1 aliphatic heterocycles. The van der Waals surface area contributed by atoms with Gasteiger partial charge in [0.05, 0.1) is 22.7 Å². The Balaban J connectivity index is 1.73. The number of nitrogens with zero attached hydrogens (tertiary/aromatic N) is 2. The van der Waals surface area contributed by atoms with Crippen molar-refractivity contribution in [1.82, 2.24) is 9.88 Å². The number of amides is 2. The van der Waals surface area contributed by atoms with E-state index in [1.807, 2.05) is 36.6 Å². The minimum atomic E-state index is -3.02. The number of anilines is 1. The molecule has 0 spiro atoms. The molecule has 1 fully saturated rings. The third kappa shape index (κ3) is 3.76. The van der Waals surface area contributed by atoms with Crippen LogP contribution in [0.25, 0.3) is 11.3 Å². The predicted molar refractivity (Wildman–Crippen MR) is 96.0 cm³/mol. The predicted octanol–water partition coefficient (Wildman–Crippen LogP) is 2.85. The van der Waals surface area contributed by atoms with E-state index in [1.54, 1.807) is 10.4 Å². The number of rotatable bonds is 4. The lowest BCUT2D eigenvalue weighted by Gasteiger charge is -2.27. The third-order valence-corrected chi connectivity index (χ3v) is 6.43. The molecular formula is C16H19N3O3S2. The van der Waals surface area contributed by atoms with Crippen molar-refractivity contribution in [3.05, 3.63) is 35.2 Å². The van der Waals surface area contributed by atoms with Crippen LogP contribution in [0.15, 0.2) is 35.2 Å². The molecule has 1 N–H and O–H groups in total. The summed E-state index contributed by atoms with van der Waals surface area (Å²) in [4.78, 5) is 18.4. The first-order valence-electron chi connectivity index (χ1n) is 7.75. The molecule has 2 aromatic rings. The molecule has 24 heavy (non-hydrogen) atoms. The third-order valence-electron chi connectivity index (χ3n) is 4.09. The lowest BCUT2D eigenvalue weighted by atomic mass is 10.1. The zero-order chi connectivity index (χ0) is 17.2. The average molecular weight is 365 g/mol. The summed E-state index contributed by atoms with van der Waals surface area (Å²) in [6, 6.07) is 6.96. The number of sulfone groups is 1. The molecule has 2 amide bonds. The number of aromatic nitrogens is 1. The van der Waals surface area contributed by atoms with Crippen molar-refractivity contribution >= 4 is 32.9 Å². The van der Waals surface area contributed by atoms with Crippen molar-refractivity contribution in [3.63, 3.8) is 0 Å². The average Bonchev–Trinajstić information content (AvgIpc) is 3.18. The highest BCUT2D eigenvalue weighted by atomic mass is 32.2. The monoisotopic (exact) mass is 365 g/mol. The van der Waals surface area contributed by atoms with Gasteiger partial charge in [0.15, 0.2) is 9.84 Å². The van der Waals surface area contributed by atoms with Gasteiger partial charge in [0.25, 0.3) is 0 Å². The molecule has 3 rings (SSSR count). The van der Waals surface area contributed by atoms with Gasteiger partial charge in [-0.2, -0.15) is 0 Å². The summed E-state index contributed by atoms with van der Waals surface area (Å²) in [7, 11) is -3.02. The Morgan fingerprint density at radius 1 is 1.46 bits per heavy atom. The fourth-order valence-electron chi connectivity index (χ4n) is 2.90. The Bertz CT molecular complexity index is 819.